The average molecular weight is 302 g/mol. The minimum absolute atomic E-state index is 0.0301. The van der Waals surface area contributed by atoms with Gasteiger partial charge in [-0.3, -0.25) is 0 Å². The zero-order valence-electron chi connectivity index (χ0n) is 12.8. The molecule has 0 atom stereocenters. The van der Waals surface area contributed by atoms with Gasteiger partial charge in [-0.15, -0.1) is 0 Å². The van der Waals surface area contributed by atoms with E-state index in [1.54, 1.807) is 12.2 Å². The third kappa shape index (κ3) is 4.68. The molecule has 1 N–H and O–H groups in total. The number of rotatable bonds is 5. The highest BCUT2D eigenvalue weighted by Crippen LogP contribution is 2.26. The van der Waals surface area contributed by atoms with E-state index in [0.717, 1.165) is 11.1 Å². The Balaban J connectivity index is 2.75. The van der Waals surface area contributed by atoms with Crippen molar-refractivity contribution < 1.29 is 24.2 Å². The second-order valence-electron chi connectivity index (χ2n) is 5.59. The van der Waals surface area contributed by atoms with Crippen LogP contribution in [-0.4, -0.2) is 29.0 Å². The largest absolute Gasteiger partial charge is 0.538 e. The Hall–Kier alpha value is -2.72. The van der Waals surface area contributed by atoms with Crippen LogP contribution in [0.2, 0.25) is 0 Å². The zero-order valence-corrected chi connectivity index (χ0v) is 12.8. The number of carbonyl (C=O) groups is 2. The van der Waals surface area contributed by atoms with Gasteiger partial charge in [0.2, 0.25) is 0 Å². The van der Waals surface area contributed by atoms with E-state index in [1.807, 2.05) is 24.3 Å². The summed E-state index contributed by atoms with van der Waals surface area (Å²) in [4.78, 5) is 24.4. The van der Waals surface area contributed by atoms with Gasteiger partial charge in [0.05, 0.1) is 10.3 Å². The molecule has 0 radical (unpaired) electrons. The van der Waals surface area contributed by atoms with Crippen molar-refractivity contribution in [3.05, 3.63) is 41.5 Å². The molecule has 0 unspecified atom stereocenters. The van der Waals surface area contributed by atoms with Gasteiger partial charge >= 0.3 is 11.7 Å². The third-order valence-electron chi connectivity index (χ3n) is 2.88. The van der Waals surface area contributed by atoms with Gasteiger partial charge in [0.15, 0.2) is 5.97 Å². The predicted molar refractivity (Wildman–Crippen MR) is 78.1 cm³/mol. The fourth-order valence-corrected chi connectivity index (χ4v) is 1.87. The van der Waals surface area contributed by atoms with E-state index in [9.17, 15) is 14.7 Å². The van der Waals surface area contributed by atoms with E-state index < -0.39 is 17.7 Å². The summed E-state index contributed by atoms with van der Waals surface area (Å²) < 4.78 is 4.71. The highest BCUT2D eigenvalue weighted by atomic mass is 16.5. The Labute approximate surface area is 128 Å². The number of benzene rings is 1. The van der Waals surface area contributed by atoms with Gasteiger partial charge in [0.25, 0.3) is 0 Å². The summed E-state index contributed by atoms with van der Waals surface area (Å²) in [5, 5.41) is 10.5. The summed E-state index contributed by atoms with van der Waals surface area (Å²) in [6.45, 7) is 6.16. The molecule has 0 fully saturated rings. The summed E-state index contributed by atoms with van der Waals surface area (Å²) in [6, 6.07) is 7.82. The number of hydrogen-bond donors (Lipinski definition) is 1. The Morgan fingerprint density at radius 1 is 1.32 bits per heavy atom. The van der Waals surface area contributed by atoms with E-state index in [4.69, 9.17) is 10.3 Å². The van der Waals surface area contributed by atoms with Crippen LogP contribution in [0.1, 0.15) is 31.9 Å². The number of nitrogens with one attached hydrogen (secondary N) is 1. The van der Waals surface area contributed by atoms with Gasteiger partial charge in [-0.05, 0) is 22.6 Å². The number of hydrogen-bond acceptors (Lipinski definition) is 5. The summed E-state index contributed by atoms with van der Waals surface area (Å²) in [5.74, 6) is -3.02. The summed E-state index contributed by atoms with van der Waals surface area (Å²) in [6.07, 6.45) is 3.39. The van der Waals surface area contributed by atoms with E-state index >= 15 is 0 Å². The van der Waals surface area contributed by atoms with Crippen LogP contribution in [-0.2, 0) is 19.7 Å². The molecule has 22 heavy (non-hydrogen) atoms. The number of aliphatic carboxylic acids is 1. The van der Waals surface area contributed by atoms with Crippen molar-refractivity contribution in [3.8, 4) is 0 Å². The maximum atomic E-state index is 11.3. The van der Waals surface area contributed by atoms with E-state index in [2.05, 4.69) is 25.6 Å². The van der Waals surface area contributed by atoms with Crippen LogP contribution in [0, 0.1) is 5.53 Å². The summed E-state index contributed by atoms with van der Waals surface area (Å²) in [5.41, 5.74) is 7.62. The summed E-state index contributed by atoms with van der Waals surface area (Å²) >= 11 is 0. The molecule has 0 spiro atoms. The molecular weight excluding hydrogens is 284 g/mol. The number of esters is 1. The SMILES string of the molecule is CC(C)(C)c1ccccc1C=CCOC(=O)C(=[N+]=N)C(=O)[O-]. The number of carboxylic acids is 1. The van der Waals surface area contributed by atoms with Crippen LogP contribution in [0.4, 0.5) is 0 Å². The molecule has 0 bridgehead atoms. The lowest BCUT2D eigenvalue weighted by atomic mass is 9.84. The highest BCUT2D eigenvalue weighted by molar-refractivity contribution is 6.59. The Morgan fingerprint density at radius 2 is 1.95 bits per heavy atom. The van der Waals surface area contributed by atoms with Crippen LogP contribution in [0.25, 0.3) is 6.08 Å². The maximum absolute atomic E-state index is 11.3. The first-order valence-corrected chi connectivity index (χ1v) is 6.66. The first kappa shape index (κ1) is 17.3. The van der Waals surface area contributed by atoms with Gasteiger partial charge in [0, 0.05) is 0 Å². The lowest BCUT2D eigenvalue weighted by Crippen LogP contribution is -2.38. The third-order valence-corrected chi connectivity index (χ3v) is 2.88. The number of nitrogens with zero attached hydrogens (tertiary/aromatic N) is 1. The fourth-order valence-electron chi connectivity index (χ4n) is 1.87. The first-order valence-electron chi connectivity index (χ1n) is 6.66. The quantitative estimate of drug-likeness (QED) is 0.288. The van der Waals surface area contributed by atoms with Crippen molar-refractivity contribution in [2.75, 3.05) is 6.61 Å². The molecule has 0 saturated heterocycles. The van der Waals surface area contributed by atoms with Crippen molar-refractivity contribution in [2.24, 2.45) is 0 Å². The molecule has 0 aromatic heterocycles. The van der Waals surface area contributed by atoms with Gasteiger partial charge in [0.1, 0.15) is 6.61 Å². The number of ether oxygens (including phenoxy) is 1. The van der Waals surface area contributed by atoms with Gasteiger partial charge in [-0.2, -0.15) is 0 Å². The predicted octanol–water partition coefficient (Wildman–Crippen LogP) is 0.971. The lowest BCUT2D eigenvalue weighted by molar-refractivity contribution is -0.299. The van der Waals surface area contributed by atoms with Gasteiger partial charge in [-0.1, -0.05) is 51.1 Å². The van der Waals surface area contributed by atoms with Crippen LogP contribution in [0.15, 0.2) is 30.3 Å². The van der Waals surface area contributed by atoms with Crippen LogP contribution in [0.5, 0.6) is 0 Å². The monoisotopic (exact) mass is 302 g/mol. The Morgan fingerprint density at radius 3 is 2.50 bits per heavy atom. The van der Waals surface area contributed by atoms with Crippen LogP contribution in [0.3, 0.4) is 0 Å². The van der Waals surface area contributed by atoms with Crippen LogP contribution < -0.4 is 5.11 Å². The van der Waals surface area contributed by atoms with Crippen molar-refractivity contribution in [3.63, 3.8) is 0 Å². The molecular formula is C16H18N2O4. The molecule has 0 heterocycles. The van der Waals surface area contributed by atoms with Gasteiger partial charge in [-0.25, -0.2) is 4.79 Å². The minimum atomic E-state index is -1.83. The molecule has 1 aromatic rings. The fraction of sp³-hybridized carbons (Fsp3) is 0.312. The smallest absolute Gasteiger partial charge is 0.470 e. The maximum Gasteiger partial charge on any atom is 0.470 e. The first-order chi connectivity index (χ1) is 10.3. The molecule has 6 heteroatoms. The second kappa shape index (κ2) is 7.33. The van der Waals surface area contributed by atoms with Crippen LogP contribution >= 0.6 is 0 Å². The topological polar surface area (TPSA) is 104 Å². The molecule has 0 aliphatic carbocycles. The minimum Gasteiger partial charge on any atom is -0.538 e. The molecule has 116 valence electrons. The average Bonchev–Trinajstić information content (AvgIpc) is 2.43. The second-order valence-corrected chi connectivity index (χ2v) is 5.59. The van der Waals surface area contributed by atoms with E-state index in [-0.39, 0.29) is 12.0 Å². The number of carboxylic acid groups (broad SMARTS) is 1. The van der Waals surface area contributed by atoms with Crippen molar-refractivity contribution >= 4 is 23.7 Å². The summed E-state index contributed by atoms with van der Waals surface area (Å²) in [7, 11) is 0. The Kier molecular flexibility index (Phi) is 5.78. The van der Waals surface area contributed by atoms with Crippen molar-refractivity contribution in [2.45, 2.75) is 26.2 Å². The van der Waals surface area contributed by atoms with E-state index in [1.165, 1.54) is 0 Å². The Bertz CT molecular complexity index is 650. The molecule has 6 nitrogen and oxygen atoms in total. The standard InChI is InChI=1S/C16H18N2O4/c1-16(2,3)12-9-5-4-7-11(12)8-6-10-22-15(21)13(18-17)14(19)20/h4-9,17H,10H2,1-3H3. The van der Waals surface area contributed by atoms with Gasteiger partial charge < -0.3 is 14.6 Å². The lowest BCUT2D eigenvalue weighted by Gasteiger charge is -2.21. The van der Waals surface area contributed by atoms with Crippen molar-refractivity contribution in [1.29, 1.82) is 5.53 Å². The molecule has 1 aromatic carbocycles. The molecule has 0 saturated carbocycles. The van der Waals surface area contributed by atoms with E-state index in [0.29, 0.717) is 0 Å². The molecule has 0 aliphatic rings. The highest BCUT2D eigenvalue weighted by Gasteiger charge is 2.26. The normalized spacial score (nSPS) is 11.0. The number of carbonyl (C=O) groups excluding carboxylic acids is 2. The zero-order chi connectivity index (χ0) is 16.8. The molecule has 1 rings (SSSR count). The molecule has 0 aliphatic heterocycles. The van der Waals surface area contributed by atoms with Crippen molar-refractivity contribution in [1.82, 2.24) is 0 Å². The molecule has 0 amide bonds.